The summed E-state index contributed by atoms with van der Waals surface area (Å²) in [6.07, 6.45) is 0.966. The van der Waals surface area contributed by atoms with Crippen LogP contribution in [0.15, 0.2) is 54.7 Å². The molecule has 0 aliphatic rings. The molecule has 0 aliphatic heterocycles. The van der Waals surface area contributed by atoms with Gasteiger partial charge >= 0.3 is 0 Å². The molecule has 0 saturated carbocycles. The minimum absolute atomic E-state index is 0.247. The van der Waals surface area contributed by atoms with Gasteiger partial charge in [0, 0.05) is 16.1 Å². The molecule has 4 rings (SSSR count). The summed E-state index contributed by atoms with van der Waals surface area (Å²) in [4.78, 5) is 5.35. The molecule has 0 fully saturated rings. The van der Waals surface area contributed by atoms with Crippen LogP contribution in [0.1, 0.15) is 16.7 Å². The van der Waals surface area contributed by atoms with E-state index in [-0.39, 0.29) is 12.4 Å². The van der Waals surface area contributed by atoms with Crippen LogP contribution in [-0.4, -0.2) is 25.1 Å². The predicted octanol–water partition coefficient (Wildman–Crippen LogP) is 4.90. The Morgan fingerprint density at radius 3 is 2.50 bits per heavy atom. The van der Waals surface area contributed by atoms with Crippen molar-refractivity contribution in [1.29, 1.82) is 0 Å². The standard InChI is InChI=1S/C20H16ClFN4OS/c1-12-19(28-20(23-12)14-2-6-15(21)7-3-14)18(27)11-26-10-17(24-25-26)13-4-8-16(22)9-5-13/h2-10,18,27H,11H2,1H3. The Labute approximate surface area is 170 Å². The quantitative estimate of drug-likeness (QED) is 0.504. The van der Waals surface area contributed by atoms with Gasteiger partial charge in [0.05, 0.1) is 23.3 Å². The second-order valence-electron chi connectivity index (χ2n) is 6.32. The summed E-state index contributed by atoms with van der Waals surface area (Å²) in [5.74, 6) is -0.302. The average Bonchev–Trinajstić information content (AvgIpc) is 3.30. The molecule has 0 aliphatic carbocycles. The number of aromatic nitrogens is 4. The van der Waals surface area contributed by atoms with E-state index in [1.54, 1.807) is 23.0 Å². The second-order valence-corrected chi connectivity index (χ2v) is 7.79. The first-order chi connectivity index (χ1) is 13.5. The third kappa shape index (κ3) is 3.96. The van der Waals surface area contributed by atoms with Gasteiger partial charge < -0.3 is 5.11 Å². The fourth-order valence-corrected chi connectivity index (χ4v) is 4.01. The first kappa shape index (κ1) is 18.7. The summed E-state index contributed by atoms with van der Waals surface area (Å²) in [6.45, 7) is 2.12. The number of hydrogen-bond acceptors (Lipinski definition) is 5. The van der Waals surface area contributed by atoms with E-state index in [2.05, 4.69) is 15.3 Å². The van der Waals surface area contributed by atoms with Gasteiger partial charge in [-0.3, -0.25) is 0 Å². The van der Waals surface area contributed by atoms with Gasteiger partial charge in [0.2, 0.25) is 0 Å². The molecular weight excluding hydrogens is 399 g/mol. The molecule has 1 atom stereocenters. The summed E-state index contributed by atoms with van der Waals surface area (Å²) in [5.41, 5.74) is 3.12. The molecule has 2 heterocycles. The van der Waals surface area contributed by atoms with Crippen LogP contribution in [0.2, 0.25) is 5.02 Å². The number of aliphatic hydroxyl groups excluding tert-OH is 1. The molecular formula is C20H16ClFN4OS. The van der Waals surface area contributed by atoms with E-state index in [9.17, 15) is 9.50 Å². The number of aryl methyl sites for hydroxylation is 1. The molecule has 2 aromatic carbocycles. The van der Waals surface area contributed by atoms with Crippen molar-refractivity contribution < 1.29 is 9.50 Å². The van der Waals surface area contributed by atoms with E-state index in [4.69, 9.17) is 11.6 Å². The highest BCUT2D eigenvalue weighted by Crippen LogP contribution is 2.33. The minimum atomic E-state index is -0.763. The van der Waals surface area contributed by atoms with Crippen molar-refractivity contribution in [3.63, 3.8) is 0 Å². The number of nitrogens with zero attached hydrogens (tertiary/aromatic N) is 4. The number of thiazole rings is 1. The van der Waals surface area contributed by atoms with Gasteiger partial charge in [0.15, 0.2) is 0 Å². The molecule has 0 amide bonds. The molecule has 8 heteroatoms. The average molecular weight is 415 g/mol. The van der Waals surface area contributed by atoms with E-state index in [0.29, 0.717) is 10.7 Å². The van der Waals surface area contributed by atoms with E-state index < -0.39 is 6.10 Å². The highest BCUT2D eigenvalue weighted by molar-refractivity contribution is 7.15. The number of rotatable bonds is 5. The number of hydrogen-bond donors (Lipinski definition) is 1. The van der Waals surface area contributed by atoms with Gasteiger partial charge in [-0.2, -0.15) is 0 Å². The highest BCUT2D eigenvalue weighted by atomic mass is 35.5. The van der Waals surface area contributed by atoms with Crippen molar-refractivity contribution >= 4 is 22.9 Å². The van der Waals surface area contributed by atoms with Crippen LogP contribution in [-0.2, 0) is 6.54 Å². The van der Waals surface area contributed by atoms with Crippen LogP contribution < -0.4 is 0 Å². The van der Waals surface area contributed by atoms with Gasteiger partial charge in [-0.15, -0.1) is 16.4 Å². The van der Waals surface area contributed by atoms with Crippen molar-refractivity contribution in [3.8, 4) is 21.8 Å². The summed E-state index contributed by atoms with van der Waals surface area (Å²) in [5, 5.41) is 20.3. The molecule has 0 bridgehead atoms. The number of halogens is 2. The Hall–Kier alpha value is -2.61. The third-order valence-electron chi connectivity index (χ3n) is 4.26. The topological polar surface area (TPSA) is 63.8 Å². The van der Waals surface area contributed by atoms with Gasteiger partial charge in [-0.05, 0) is 43.3 Å². The minimum Gasteiger partial charge on any atom is -0.386 e. The van der Waals surface area contributed by atoms with Gasteiger partial charge in [-0.1, -0.05) is 28.9 Å². The van der Waals surface area contributed by atoms with Crippen molar-refractivity contribution in [3.05, 3.63) is 76.1 Å². The zero-order valence-electron chi connectivity index (χ0n) is 14.9. The lowest BCUT2D eigenvalue weighted by molar-refractivity contribution is 0.153. The van der Waals surface area contributed by atoms with Crippen LogP contribution in [0.3, 0.4) is 0 Å². The van der Waals surface area contributed by atoms with Crippen molar-refractivity contribution in [2.24, 2.45) is 0 Å². The van der Waals surface area contributed by atoms with E-state index >= 15 is 0 Å². The van der Waals surface area contributed by atoms with Crippen molar-refractivity contribution in [2.45, 2.75) is 19.6 Å². The molecule has 28 heavy (non-hydrogen) atoms. The van der Waals surface area contributed by atoms with Gasteiger partial charge in [-0.25, -0.2) is 14.1 Å². The Morgan fingerprint density at radius 2 is 1.79 bits per heavy atom. The Kier molecular flexibility index (Phi) is 5.21. The zero-order valence-corrected chi connectivity index (χ0v) is 16.5. The monoisotopic (exact) mass is 414 g/mol. The summed E-state index contributed by atoms with van der Waals surface area (Å²) >= 11 is 7.38. The molecule has 0 radical (unpaired) electrons. The zero-order chi connectivity index (χ0) is 19.7. The van der Waals surface area contributed by atoms with Gasteiger partial charge in [0.1, 0.15) is 22.6 Å². The van der Waals surface area contributed by atoms with Crippen LogP contribution in [0.5, 0.6) is 0 Å². The summed E-state index contributed by atoms with van der Waals surface area (Å²) < 4.78 is 14.6. The fourth-order valence-electron chi connectivity index (χ4n) is 2.83. The normalized spacial score (nSPS) is 12.3. The van der Waals surface area contributed by atoms with Crippen LogP contribution in [0.4, 0.5) is 4.39 Å². The lowest BCUT2D eigenvalue weighted by atomic mass is 10.2. The lowest BCUT2D eigenvalue weighted by Gasteiger charge is -2.08. The maximum atomic E-state index is 13.1. The first-order valence-electron chi connectivity index (χ1n) is 8.57. The van der Waals surface area contributed by atoms with Crippen LogP contribution in [0, 0.1) is 12.7 Å². The maximum Gasteiger partial charge on any atom is 0.123 e. The van der Waals surface area contributed by atoms with Gasteiger partial charge in [0.25, 0.3) is 0 Å². The fraction of sp³-hybridized carbons (Fsp3) is 0.150. The smallest absolute Gasteiger partial charge is 0.123 e. The number of aliphatic hydroxyl groups is 1. The molecule has 142 valence electrons. The van der Waals surface area contributed by atoms with Crippen molar-refractivity contribution in [1.82, 2.24) is 20.0 Å². The molecule has 5 nitrogen and oxygen atoms in total. The second kappa shape index (κ2) is 7.79. The SMILES string of the molecule is Cc1nc(-c2ccc(Cl)cc2)sc1C(O)Cn1cc(-c2ccc(F)cc2)nn1. The molecule has 2 aromatic heterocycles. The Morgan fingerprint density at radius 1 is 1.11 bits per heavy atom. The Bertz CT molecular complexity index is 1090. The Balaban J connectivity index is 1.52. The highest BCUT2D eigenvalue weighted by Gasteiger charge is 2.18. The largest absolute Gasteiger partial charge is 0.386 e. The summed E-state index contributed by atoms with van der Waals surface area (Å²) in [6, 6.07) is 13.5. The van der Waals surface area contributed by atoms with Crippen LogP contribution in [0.25, 0.3) is 21.8 Å². The third-order valence-corrected chi connectivity index (χ3v) is 5.82. The summed E-state index contributed by atoms with van der Waals surface area (Å²) in [7, 11) is 0. The van der Waals surface area contributed by atoms with E-state index in [1.807, 2.05) is 31.2 Å². The van der Waals surface area contributed by atoms with Crippen LogP contribution >= 0.6 is 22.9 Å². The van der Waals surface area contributed by atoms with E-state index in [0.717, 1.165) is 26.7 Å². The first-order valence-corrected chi connectivity index (χ1v) is 9.76. The molecule has 0 saturated heterocycles. The molecule has 1 unspecified atom stereocenters. The predicted molar refractivity (Wildman–Crippen MR) is 108 cm³/mol. The molecule has 4 aromatic rings. The number of benzene rings is 2. The van der Waals surface area contributed by atoms with E-state index in [1.165, 1.54) is 23.5 Å². The van der Waals surface area contributed by atoms with Crippen molar-refractivity contribution in [2.75, 3.05) is 0 Å². The molecule has 1 N–H and O–H groups in total. The lowest BCUT2D eigenvalue weighted by Crippen LogP contribution is -2.09. The maximum absolute atomic E-state index is 13.1. The molecule has 0 spiro atoms.